The van der Waals surface area contributed by atoms with Crippen LogP contribution in [0.2, 0.25) is 0 Å². The highest BCUT2D eigenvalue weighted by Crippen LogP contribution is 2.27. The van der Waals surface area contributed by atoms with Crippen LogP contribution in [0.25, 0.3) is 10.1 Å². The van der Waals surface area contributed by atoms with Gasteiger partial charge in [0, 0.05) is 37.4 Å². The minimum atomic E-state index is -3.31. The van der Waals surface area contributed by atoms with Crippen molar-refractivity contribution in [2.75, 3.05) is 26.2 Å². The highest BCUT2D eigenvalue weighted by Gasteiger charge is 2.29. The molecule has 2 aromatic heterocycles. The smallest absolute Gasteiger partial charge is 0.252 e. The molecule has 4 rings (SSSR count). The van der Waals surface area contributed by atoms with Crippen LogP contribution >= 0.6 is 22.7 Å². The Hall–Kier alpha value is -1.25. The molecule has 7 heteroatoms. The van der Waals surface area contributed by atoms with Crippen LogP contribution < -0.4 is 0 Å². The Morgan fingerprint density at radius 2 is 1.75 bits per heavy atom. The third-order valence-electron chi connectivity index (χ3n) is 4.38. The zero-order valence-corrected chi connectivity index (χ0v) is 15.5. The number of nitrogens with zero attached hydrogens (tertiary/aromatic N) is 2. The second-order valence-corrected chi connectivity index (χ2v) is 9.89. The van der Waals surface area contributed by atoms with Crippen molar-refractivity contribution in [2.45, 2.75) is 10.8 Å². The molecule has 1 aliphatic heterocycles. The summed E-state index contributed by atoms with van der Waals surface area (Å²) in [6, 6.07) is 11.9. The van der Waals surface area contributed by atoms with Crippen LogP contribution in [0.3, 0.4) is 0 Å². The average Bonchev–Trinajstić information content (AvgIpc) is 3.26. The average molecular weight is 379 g/mol. The summed E-state index contributed by atoms with van der Waals surface area (Å²) in [4.78, 5) is 2.34. The van der Waals surface area contributed by atoms with Gasteiger partial charge in [0.15, 0.2) is 0 Å². The summed E-state index contributed by atoms with van der Waals surface area (Å²) in [5.74, 6) is 0. The van der Waals surface area contributed by atoms with Crippen LogP contribution in [0.15, 0.2) is 51.4 Å². The van der Waals surface area contributed by atoms with Crippen molar-refractivity contribution in [1.82, 2.24) is 9.21 Å². The minimum absolute atomic E-state index is 0.444. The number of rotatable bonds is 4. The molecule has 1 aliphatic rings. The van der Waals surface area contributed by atoms with E-state index in [-0.39, 0.29) is 0 Å². The Morgan fingerprint density at radius 1 is 0.958 bits per heavy atom. The summed E-state index contributed by atoms with van der Waals surface area (Å²) in [6.45, 7) is 3.55. The molecule has 126 valence electrons. The number of thiophene rings is 2. The van der Waals surface area contributed by atoms with Crippen molar-refractivity contribution in [3.63, 3.8) is 0 Å². The molecule has 0 N–H and O–H groups in total. The van der Waals surface area contributed by atoms with Crippen molar-refractivity contribution in [1.29, 1.82) is 0 Å². The number of hydrogen-bond donors (Lipinski definition) is 0. The molecule has 1 fully saturated rings. The van der Waals surface area contributed by atoms with E-state index in [0.717, 1.165) is 19.6 Å². The van der Waals surface area contributed by atoms with Gasteiger partial charge in [-0.15, -0.1) is 22.7 Å². The van der Waals surface area contributed by atoms with Gasteiger partial charge in [-0.3, -0.25) is 4.90 Å². The molecule has 0 atom stereocenters. The molecule has 0 spiro atoms. The standard InChI is InChI=1S/C17H18N2O2S3/c20-24(21,17-6-3-11-22-17)19-9-7-18(8-10-19)12-14-13-23-16-5-2-1-4-15(14)16/h1-6,11,13H,7-10,12H2. The fourth-order valence-corrected chi connectivity index (χ4v) is 6.58. The highest BCUT2D eigenvalue weighted by atomic mass is 32.2. The lowest BCUT2D eigenvalue weighted by Crippen LogP contribution is -2.47. The van der Waals surface area contributed by atoms with Gasteiger partial charge in [0.25, 0.3) is 10.0 Å². The molecular formula is C17H18N2O2S3. The maximum atomic E-state index is 12.6. The quantitative estimate of drug-likeness (QED) is 0.698. The van der Waals surface area contributed by atoms with E-state index in [9.17, 15) is 8.42 Å². The van der Waals surface area contributed by atoms with Crippen molar-refractivity contribution in [3.05, 3.63) is 52.7 Å². The van der Waals surface area contributed by atoms with E-state index in [1.807, 2.05) is 5.38 Å². The predicted octanol–water partition coefficient (Wildman–Crippen LogP) is 3.47. The highest BCUT2D eigenvalue weighted by molar-refractivity contribution is 7.91. The Bertz CT molecular complexity index is 924. The molecule has 24 heavy (non-hydrogen) atoms. The Balaban J connectivity index is 1.43. The molecule has 0 aliphatic carbocycles. The Labute approximate surface area is 150 Å². The van der Waals surface area contributed by atoms with Crippen LogP contribution in [-0.2, 0) is 16.6 Å². The van der Waals surface area contributed by atoms with Crippen LogP contribution in [-0.4, -0.2) is 43.8 Å². The topological polar surface area (TPSA) is 40.6 Å². The second kappa shape index (κ2) is 6.57. The normalized spacial score (nSPS) is 17.5. The van der Waals surface area contributed by atoms with Crippen molar-refractivity contribution in [3.8, 4) is 0 Å². The SMILES string of the molecule is O=S(=O)(c1cccs1)N1CCN(Cc2csc3ccccc23)CC1. The maximum absolute atomic E-state index is 12.6. The van der Waals surface area contributed by atoms with E-state index < -0.39 is 10.0 Å². The van der Waals surface area contributed by atoms with Gasteiger partial charge in [0.2, 0.25) is 0 Å². The van der Waals surface area contributed by atoms with E-state index in [2.05, 4.69) is 34.5 Å². The van der Waals surface area contributed by atoms with Gasteiger partial charge in [-0.25, -0.2) is 8.42 Å². The third-order valence-corrected chi connectivity index (χ3v) is 8.66. The molecule has 1 aromatic carbocycles. The van der Waals surface area contributed by atoms with Gasteiger partial charge < -0.3 is 0 Å². The second-order valence-electron chi connectivity index (χ2n) is 5.87. The lowest BCUT2D eigenvalue weighted by atomic mass is 10.1. The number of fused-ring (bicyclic) bond motifs is 1. The fourth-order valence-electron chi connectivity index (χ4n) is 3.06. The molecule has 0 saturated carbocycles. The molecule has 1 saturated heterocycles. The summed E-state index contributed by atoms with van der Waals surface area (Å²) in [5.41, 5.74) is 1.34. The fraction of sp³-hybridized carbons (Fsp3) is 0.294. The number of piperazine rings is 1. The van der Waals surface area contributed by atoms with Crippen molar-refractivity contribution < 1.29 is 8.42 Å². The first kappa shape index (κ1) is 16.2. The van der Waals surface area contributed by atoms with E-state index >= 15 is 0 Å². The largest absolute Gasteiger partial charge is 0.296 e. The molecule has 4 nitrogen and oxygen atoms in total. The molecule has 0 radical (unpaired) electrons. The van der Waals surface area contributed by atoms with Gasteiger partial charge in [0.05, 0.1) is 0 Å². The van der Waals surface area contributed by atoms with Gasteiger partial charge >= 0.3 is 0 Å². The molecule has 3 heterocycles. The predicted molar refractivity (Wildman–Crippen MR) is 100 cm³/mol. The van der Waals surface area contributed by atoms with Gasteiger partial charge in [-0.2, -0.15) is 4.31 Å². The number of hydrogen-bond acceptors (Lipinski definition) is 5. The molecule has 0 bridgehead atoms. The van der Waals surface area contributed by atoms with E-state index in [1.165, 1.54) is 27.0 Å². The van der Waals surface area contributed by atoms with E-state index in [1.54, 1.807) is 27.8 Å². The molecule has 0 unspecified atom stereocenters. The van der Waals surface area contributed by atoms with Gasteiger partial charge in [-0.05, 0) is 33.8 Å². The summed E-state index contributed by atoms with van der Waals surface area (Å²) in [5, 5.41) is 5.35. The van der Waals surface area contributed by atoms with Crippen molar-refractivity contribution in [2.24, 2.45) is 0 Å². The van der Waals surface area contributed by atoms with Crippen LogP contribution in [0.1, 0.15) is 5.56 Å². The van der Waals surface area contributed by atoms with Gasteiger partial charge in [0.1, 0.15) is 4.21 Å². The van der Waals surface area contributed by atoms with Crippen LogP contribution in [0, 0.1) is 0 Å². The monoisotopic (exact) mass is 378 g/mol. The summed E-state index contributed by atoms with van der Waals surface area (Å²) in [6.07, 6.45) is 0. The third kappa shape index (κ3) is 3.02. The molecular weight excluding hydrogens is 360 g/mol. The lowest BCUT2D eigenvalue weighted by molar-refractivity contribution is 0.182. The van der Waals surface area contributed by atoms with E-state index in [4.69, 9.17) is 0 Å². The zero-order chi connectivity index (χ0) is 16.6. The Kier molecular flexibility index (Phi) is 4.44. The summed E-state index contributed by atoms with van der Waals surface area (Å²) < 4.78 is 28.5. The Morgan fingerprint density at radius 3 is 2.50 bits per heavy atom. The maximum Gasteiger partial charge on any atom is 0.252 e. The van der Waals surface area contributed by atoms with E-state index in [0.29, 0.717) is 17.3 Å². The first-order valence-corrected chi connectivity index (χ1v) is 11.1. The zero-order valence-electron chi connectivity index (χ0n) is 13.1. The molecule has 3 aromatic rings. The molecule has 0 amide bonds. The number of sulfonamides is 1. The first-order valence-electron chi connectivity index (χ1n) is 7.86. The summed E-state index contributed by atoms with van der Waals surface area (Å²) >= 11 is 3.06. The van der Waals surface area contributed by atoms with Crippen molar-refractivity contribution >= 4 is 42.8 Å². The van der Waals surface area contributed by atoms with Crippen LogP contribution in [0.5, 0.6) is 0 Å². The number of benzene rings is 1. The summed E-state index contributed by atoms with van der Waals surface area (Å²) in [7, 11) is -3.31. The van der Waals surface area contributed by atoms with Gasteiger partial charge in [-0.1, -0.05) is 24.3 Å². The lowest BCUT2D eigenvalue weighted by Gasteiger charge is -2.33. The minimum Gasteiger partial charge on any atom is -0.296 e. The first-order chi connectivity index (χ1) is 11.6. The van der Waals surface area contributed by atoms with Crippen LogP contribution in [0.4, 0.5) is 0 Å².